The van der Waals surface area contributed by atoms with Crippen molar-refractivity contribution in [3.63, 3.8) is 0 Å². The molecule has 0 aliphatic rings. The van der Waals surface area contributed by atoms with Crippen molar-refractivity contribution in [2.45, 2.75) is 24.9 Å². The van der Waals surface area contributed by atoms with Crippen molar-refractivity contribution in [1.29, 1.82) is 0 Å². The monoisotopic (exact) mass is 321 g/mol. The molecule has 2 rings (SSSR count). The van der Waals surface area contributed by atoms with Crippen LogP contribution in [0.25, 0.3) is 0 Å². The van der Waals surface area contributed by atoms with E-state index in [1.165, 1.54) is 17.0 Å². The number of hydrogen-bond acceptors (Lipinski definition) is 4. The van der Waals surface area contributed by atoms with E-state index in [0.29, 0.717) is 11.6 Å². The minimum absolute atomic E-state index is 0.113. The van der Waals surface area contributed by atoms with E-state index in [9.17, 15) is 13.2 Å². The quantitative estimate of drug-likeness (QED) is 0.912. The van der Waals surface area contributed by atoms with Crippen molar-refractivity contribution in [2.24, 2.45) is 7.05 Å². The zero-order valence-electron chi connectivity index (χ0n) is 12.8. The number of carbonyl (C=O) groups excluding carboxylic acids is 1. The molecule has 0 aliphatic heterocycles. The molecule has 22 heavy (non-hydrogen) atoms. The van der Waals surface area contributed by atoms with Crippen LogP contribution in [-0.2, 0) is 21.7 Å². The molecule has 0 fully saturated rings. The van der Waals surface area contributed by atoms with Crippen LogP contribution in [0, 0.1) is 0 Å². The molecule has 0 radical (unpaired) electrons. The van der Waals surface area contributed by atoms with Gasteiger partial charge in [0.15, 0.2) is 0 Å². The predicted molar refractivity (Wildman–Crippen MR) is 84.4 cm³/mol. The van der Waals surface area contributed by atoms with Crippen LogP contribution in [0.2, 0.25) is 0 Å². The van der Waals surface area contributed by atoms with Gasteiger partial charge in [-0.1, -0.05) is 26.0 Å². The fourth-order valence-electron chi connectivity index (χ4n) is 2.04. The summed E-state index contributed by atoms with van der Waals surface area (Å²) in [5, 5.41) is 2.48. The van der Waals surface area contributed by atoms with Gasteiger partial charge in [-0.15, -0.1) is 0 Å². The Morgan fingerprint density at radius 3 is 2.41 bits per heavy atom. The van der Waals surface area contributed by atoms with Crippen LogP contribution < -0.4 is 5.32 Å². The minimum Gasteiger partial charge on any atom is -0.325 e. The lowest BCUT2D eigenvalue weighted by Crippen LogP contribution is -2.24. The summed E-state index contributed by atoms with van der Waals surface area (Å²) in [5.41, 5.74) is 1.73. The van der Waals surface area contributed by atoms with E-state index in [-0.39, 0.29) is 5.16 Å². The summed E-state index contributed by atoms with van der Waals surface area (Å²) in [6.45, 7) is 4.15. The Morgan fingerprint density at radius 2 is 1.91 bits per heavy atom. The molecule has 0 saturated carbocycles. The molecule has 1 aromatic carbocycles. The summed E-state index contributed by atoms with van der Waals surface area (Å²) in [6, 6.07) is 7.35. The maximum Gasteiger partial charge on any atom is 0.240 e. The van der Waals surface area contributed by atoms with Gasteiger partial charge in [0.05, 0.1) is 0 Å². The van der Waals surface area contributed by atoms with E-state index < -0.39 is 21.5 Å². The van der Waals surface area contributed by atoms with Gasteiger partial charge in [-0.3, -0.25) is 4.79 Å². The number of aromatic nitrogens is 2. The van der Waals surface area contributed by atoms with Crippen LogP contribution in [-0.4, -0.2) is 29.6 Å². The molecule has 0 saturated heterocycles. The summed E-state index contributed by atoms with van der Waals surface area (Å²) < 4.78 is 25.6. The van der Waals surface area contributed by atoms with Gasteiger partial charge < -0.3 is 9.88 Å². The molecule has 1 heterocycles. The first-order chi connectivity index (χ1) is 10.3. The highest BCUT2D eigenvalue weighted by atomic mass is 32.2. The lowest BCUT2D eigenvalue weighted by Gasteiger charge is -2.09. The van der Waals surface area contributed by atoms with Gasteiger partial charge in [0, 0.05) is 25.1 Å². The van der Waals surface area contributed by atoms with E-state index >= 15 is 0 Å². The Morgan fingerprint density at radius 1 is 1.27 bits per heavy atom. The summed E-state index contributed by atoms with van der Waals surface area (Å²) >= 11 is 0. The van der Waals surface area contributed by atoms with Crippen molar-refractivity contribution in [1.82, 2.24) is 9.55 Å². The van der Waals surface area contributed by atoms with E-state index in [0.717, 1.165) is 5.56 Å². The Hall–Kier alpha value is -2.15. The van der Waals surface area contributed by atoms with Crippen molar-refractivity contribution >= 4 is 21.4 Å². The van der Waals surface area contributed by atoms with Crippen molar-refractivity contribution in [3.05, 3.63) is 42.2 Å². The molecular weight excluding hydrogens is 302 g/mol. The molecule has 1 aromatic heterocycles. The zero-order chi connectivity index (χ0) is 16.3. The molecule has 1 N–H and O–H groups in total. The summed E-state index contributed by atoms with van der Waals surface area (Å²) in [7, 11) is -2.18. The highest BCUT2D eigenvalue weighted by Gasteiger charge is 2.23. The molecule has 2 aromatic rings. The molecule has 6 nitrogen and oxygen atoms in total. The molecule has 0 spiro atoms. The number of benzene rings is 1. The van der Waals surface area contributed by atoms with E-state index in [1.54, 1.807) is 19.2 Å². The number of anilines is 1. The molecule has 118 valence electrons. The van der Waals surface area contributed by atoms with Crippen molar-refractivity contribution in [3.8, 4) is 0 Å². The van der Waals surface area contributed by atoms with E-state index in [1.807, 2.05) is 12.1 Å². The third-order valence-corrected chi connectivity index (χ3v) is 4.83. The second-order valence-corrected chi connectivity index (χ2v) is 7.29. The Balaban J connectivity index is 2.05. The normalized spacial score (nSPS) is 11.6. The van der Waals surface area contributed by atoms with Crippen LogP contribution in [0.3, 0.4) is 0 Å². The first kappa shape index (κ1) is 16.2. The van der Waals surface area contributed by atoms with Gasteiger partial charge >= 0.3 is 0 Å². The second kappa shape index (κ2) is 6.31. The molecule has 0 unspecified atom stereocenters. The molecule has 7 heteroatoms. The first-order valence-electron chi connectivity index (χ1n) is 6.89. The van der Waals surface area contributed by atoms with Gasteiger partial charge in [-0.2, -0.15) is 0 Å². The molecule has 0 bridgehead atoms. The number of imidazole rings is 1. The van der Waals surface area contributed by atoms with E-state index in [2.05, 4.69) is 24.1 Å². The zero-order valence-corrected chi connectivity index (χ0v) is 13.6. The highest BCUT2D eigenvalue weighted by Crippen LogP contribution is 2.17. The van der Waals surface area contributed by atoms with Gasteiger partial charge in [-0.05, 0) is 23.6 Å². The third-order valence-electron chi connectivity index (χ3n) is 3.24. The lowest BCUT2D eigenvalue weighted by molar-refractivity contribution is -0.113. The average Bonchev–Trinajstić information content (AvgIpc) is 2.85. The second-order valence-electron chi connectivity index (χ2n) is 5.40. The number of hydrogen-bond donors (Lipinski definition) is 1. The largest absolute Gasteiger partial charge is 0.325 e. The molecule has 1 amide bonds. The fourth-order valence-corrected chi connectivity index (χ4v) is 3.30. The first-order valence-corrected chi connectivity index (χ1v) is 8.54. The third kappa shape index (κ3) is 3.73. The van der Waals surface area contributed by atoms with Crippen LogP contribution in [0.5, 0.6) is 0 Å². The average molecular weight is 321 g/mol. The Kier molecular flexibility index (Phi) is 4.65. The van der Waals surface area contributed by atoms with Crippen LogP contribution in [0.4, 0.5) is 5.69 Å². The van der Waals surface area contributed by atoms with Crippen LogP contribution in [0.1, 0.15) is 25.3 Å². The van der Waals surface area contributed by atoms with Crippen LogP contribution >= 0.6 is 0 Å². The van der Waals surface area contributed by atoms with Crippen molar-refractivity contribution < 1.29 is 13.2 Å². The van der Waals surface area contributed by atoms with Crippen LogP contribution in [0.15, 0.2) is 41.8 Å². The number of sulfone groups is 1. The lowest BCUT2D eigenvalue weighted by atomic mass is 10.0. The Labute approximate surface area is 130 Å². The molecule has 0 aliphatic carbocycles. The maximum atomic E-state index is 12.1. The number of nitrogens with one attached hydrogen (secondary N) is 1. The Bertz CT molecular complexity index is 762. The van der Waals surface area contributed by atoms with Gasteiger partial charge in [0.1, 0.15) is 5.75 Å². The van der Waals surface area contributed by atoms with Gasteiger partial charge in [-0.25, -0.2) is 13.4 Å². The topological polar surface area (TPSA) is 81.1 Å². The summed E-state index contributed by atoms with van der Waals surface area (Å²) in [4.78, 5) is 15.7. The maximum absolute atomic E-state index is 12.1. The number of nitrogens with zero attached hydrogens (tertiary/aromatic N) is 2. The smallest absolute Gasteiger partial charge is 0.240 e. The SMILES string of the molecule is CC(C)c1ccc(NC(=O)CS(=O)(=O)c2nccn2C)cc1. The number of aryl methyl sites for hydroxylation is 1. The minimum atomic E-state index is -3.75. The van der Waals surface area contributed by atoms with Gasteiger partial charge in [0.25, 0.3) is 0 Å². The number of amides is 1. The highest BCUT2D eigenvalue weighted by molar-refractivity contribution is 7.92. The van der Waals surface area contributed by atoms with Crippen molar-refractivity contribution in [2.75, 3.05) is 11.1 Å². The van der Waals surface area contributed by atoms with Gasteiger partial charge in [0.2, 0.25) is 20.9 Å². The fraction of sp³-hybridized carbons (Fsp3) is 0.333. The molecule has 0 atom stereocenters. The standard InChI is InChI=1S/C15H19N3O3S/c1-11(2)12-4-6-13(7-5-12)17-14(19)10-22(20,21)15-16-8-9-18(15)3/h4-9,11H,10H2,1-3H3,(H,17,19). The summed E-state index contributed by atoms with van der Waals surface area (Å²) in [5.74, 6) is -0.821. The van der Waals surface area contributed by atoms with E-state index in [4.69, 9.17) is 0 Å². The summed E-state index contributed by atoms with van der Waals surface area (Å²) in [6.07, 6.45) is 2.91. The number of rotatable bonds is 5. The molecular formula is C15H19N3O3S. The number of carbonyl (C=O) groups is 1. The predicted octanol–water partition coefficient (Wildman–Crippen LogP) is 1.96.